The molecule has 2 N–H and O–H groups in total. The van der Waals surface area contributed by atoms with E-state index in [1.165, 1.54) is 0 Å². The minimum absolute atomic E-state index is 0.181. The molecule has 3 aromatic rings. The van der Waals surface area contributed by atoms with E-state index < -0.39 is 0 Å². The van der Waals surface area contributed by atoms with Gasteiger partial charge in [-0.1, -0.05) is 31.2 Å². The van der Waals surface area contributed by atoms with E-state index in [2.05, 4.69) is 11.8 Å². The number of phenols is 2. The highest BCUT2D eigenvalue weighted by molar-refractivity contribution is 5.96. The fourth-order valence-corrected chi connectivity index (χ4v) is 4.95. The number of hydrogen-bond donors (Lipinski definition) is 2. The number of hydrogen-bond acceptors (Lipinski definition) is 5. The van der Waals surface area contributed by atoms with Crippen LogP contribution in [0.4, 0.5) is 4.39 Å². The van der Waals surface area contributed by atoms with Crippen LogP contribution >= 0.6 is 0 Å². The molecule has 1 unspecified atom stereocenters. The number of fused-ring (bicyclic) bond motifs is 1. The van der Waals surface area contributed by atoms with Crippen molar-refractivity contribution in [3.8, 4) is 23.0 Å². The molecular weight excluding hydrogens is 445 g/mol. The molecule has 0 spiro atoms. The van der Waals surface area contributed by atoms with Crippen molar-refractivity contribution in [1.82, 2.24) is 4.90 Å². The van der Waals surface area contributed by atoms with Crippen LogP contribution in [0.15, 0.2) is 66.7 Å². The van der Waals surface area contributed by atoms with Gasteiger partial charge in [0, 0.05) is 36.7 Å². The maximum Gasteiger partial charge on any atom is 0.150 e. The molecule has 0 saturated carbocycles. The largest absolute Gasteiger partial charge is 0.508 e. The predicted octanol–water partition coefficient (Wildman–Crippen LogP) is 5.83. The Morgan fingerprint density at radius 1 is 1.00 bits per heavy atom. The molecular formula is C29H30FNO4. The van der Waals surface area contributed by atoms with Gasteiger partial charge in [-0.25, -0.2) is 0 Å². The fourth-order valence-electron chi connectivity index (χ4n) is 4.95. The molecule has 0 radical (unpaired) electrons. The van der Waals surface area contributed by atoms with Gasteiger partial charge in [0.2, 0.25) is 0 Å². The van der Waals surface area contributed by atoms with Gasteiger partial charge in [-0.15, -0.1) is 0 Å². The summed E-state index contributed by atoms with van der Waals surface area (Å²) in [5.41, 5.74) is 4.74. The summed E-state index contributed by atoms with van der Waals surface area (Å²) < 4.78 is 25.0. The van der Waals surface area contributed by atoms with Crippen LogP contribution in [0.3, 0.4) is 0 Å². The summed E-state index contributed by atoms with van der Waals surface area (Å²) in [4.78, 5) is 2.20. The van der Waals surface area contributed by atoms with Crippen LogP contribution in [0, 0.1) is 5.92 Å². The van der Waals surface area contributed by atoms with Gasteiger partial charge in [0.05, 0.1) is 6.67 Å². The van der Waals surface area contributed by atoms with E-state index in [1.54, 1.807) is 30.3 Å². The number of rotatable bonds is 8. The summed E-state index contributed by atoms with van der Waals surface area (Å²) >= 11 is 0. The van der Waals surface area contributed by atoms with Gasteiger partial charge in [-0.3, -0.25) is 9.29 Å². The molecule has 0 aromatic heterocycles. The highest BCUT2D eigenvalue weighted by Crippen LogP contribution is 2.49. The minimum atomic E-state index is -0.378. The monoisotopic (exact) mass is 475 g/mol. The standard InChI is InChI=1S/C29H30FNO4/c1-2-25-26-15-23(33)8-11-27(26)35-29(28(25)21-4-3-5-22(32)14-21)20-6-9-24(10-7-20)34-13-12-31-17-19(16-30)18-31/h3-11,14-15,19,29,32-33H,2,12-13,16-18H2,1H3. The SMILES string of the molecule is CCC1=C(c2cccc(O)c2)C(c2ccc(OCCN3CC(CF)C3)cc2)Oc2ccc(O)cc21. The van der Waals surface area contributed by atoms with Gasteiger partial charge in [-0.05, 0) is 65.6 Å². The highest BCUT2D eigenvalue weighted by Gasteiger charge is 2.31. The molecule has 0 bridgehead atoms. The van der Waals surface area contributed by atoms with Crippen molar-refractivity contribution in [2.24, 2.45) is 5.92 Å². The predicted molar refractivity (Wildman–Crippen MR) is 135 cm³/mol. The van der Waals surface area contributed by atoms with E-state index in [0.717, 1.165) is 65.4 Å². The molecule has 182 valence electrons. The number of phenolic OH excluding ortho intramolecular Hbond substituents is 2. The summed E-state index contributed by atoms with van der Waals surface area (Å²) in [6, 6.07) is 20.2. The lowest BCUT2D eigenvalue weighted by Crippen LogP contribution is -2.49. The normalized spacial score (nSPS) is 18.1. The Labute approximate surface area is 205 Å². The summed E-state index contributed by atoms with van der Waals surface area (Å²) in [6.45, 7) is 4.80. The van der Waals surface area contributed by atoms with Crippen molar-refractivity contribution in [1.29, 1.82) is 0 Å². The molecule has 6 heteroatoms. The fraction of sp³-hybridized carbons (Fsp3) is 0.310. The third kappa shape index (κ3) is 4.84. The molecule has 1 saturated heterocycles. The number of benzene rings is 3. The Balaban J connectivity index is 1.41. The van der Waals surface area contributed by atoms with Crippen molar-refractivity contribution >= 4 is 11.1 Å². The first-order valence-electron chi connectivity index (χ1n) is 12.1. The molecule has 0 aliphatic carbocycles. The molecule has 1 fully saturated rings. The van der Waals surface area contributed by atoms with Crippen molar-refractivity contribution in [2.75, 3.05) is 32.9 Å². The Morgan fingerprint density at radius 3 is 2.49 bits per heavy atom. The van der Waals surface area contributed by atoms with Crippen LogP contribution in [-0.2, 0) is 0 Å². The zero-order valence-electron chi connectivity index (χ0n) is 19.8. The van der Waals surface area contributed by atoms with Crippen LogP contribution in [0.1, 0.15) is 36.1 Å². The van der Waals surface area contributed by atoms with E-state index in [9.17, 15) is 14.6 Å². The first kappa shape index (κ1) is 23.2. The number of aromatic hydroxyl groups is 2. The second-order valence-corrected chi connectivity index (χ2v) is 9.17. The Morgan fingerprint density at radius 2 is 1.77 bits per heavy atom. The number of allylic oxidation sites excluding steroid dienone is 1. The Hall–Kier alpha value is -3.51. The van der Waals surface area contributed by atoms with Crippen molar-refractivity contribution in [3.05, 3.63) is 83.4 Å². The van der Waals surface area contributed by atoms with Gasteiger partial charge in [0.25, 0.3) is 0 Å². The number of halogens is 1. The molecule has 2 aliphatic heterocycles. The minimum Gasteiger partial charge on any atom is -0.508 e. The maximum atomic E-state index is 12.6. The summed E-state index contributed by atoms with van der Waals surface area (Å²) in [7, 11) is 0. The van der Waals surface area contributed by atoms with Crippen molar-refractivity contribution in [3.63, 3.8) is 0 Å². The number of alkyl halides is 1. The molecule has 2 heterocycles. The van der Waals surface area contributed by atoms with E-state index >= 15 is 0 Å². The number of ether oxygens (including phenoxy) is 2. The van der Waals surface area contributed by atoms with E-state index in [-0.39, 0.29) is 30.2 Å². The van der Waals surface area contributed by atoms with Crippen LogP contribution in [0.2, 0.25) is 0 Å². The van der Waals surface area contributed by atoms with E-state index in [0.29, 0.717) is 6.61 Å². The van der Waals surface area contributed by atoms with Crippen LogP contribution < -0.4 is 9.47 Å². The zero-order valence-corrected chi connectivity index (χ0v) is 19.8. The average molecular weight is 476 g/mol. The molecule has 2 aliphatic rings. The lowest BCUT2D eigenvalue weighted by Gasteiger charge is -2.37. The lowest BCUT2D eigenvalue weighted by molar-refractivity contribution is 0.0668. The Bertz CT molecular complexity index is 1220. The summed E-state index contributed by atoms with van der Waals surface area (Å²) in [5, 5.41) is 20.3. The smallest absolute Gasteiger partial charge is 0.150 e. The third-order valence-corrected chi connectivity index (χ3v) is 6.74. The molecule has 5 nitrogen and oxygen atoms in total. The zero-order chi connectivity index (χ0) is 24.4. The highest BCUT2D eigenvalue weighted by atomic mass is 19.1. The van der Waals surface area contributed by atoms with Gasteiger partial charge in [0.1, 0.15) is 35.7 Å². The molecule has 0 amide bonds. The third-order valence-electron chi connectivity index (χ3n) is 6.74. The summed E-state index contributed by atoms with van der Waals surface area (Å²) in [6.07, 6.45) is 0.360. The van der Waals surface area contributed by atoms with Crippen LogP contribution in [0.5, 0.6) is 23.0 Å². The Kier molecular flexibility index (Phi) is 6.64. The van der Waals surface area contributed by atoms with E-state index in [1.807, 2.05) is 36.4 Å². The lowest BCUT2D eigenvalue weighted by atomic mass is 9.84. The topological polar surface area (TPSA) is 62.2 Å². The quantitative estimate of drug-likeness (QED) is 0.429. The van der Waals surface area contributed by atoms with Gasteiger partial charge >= 0.3 is 0 Å². The van der Waals surface area contributed by atoms with E-state index in [4.69, 9.17) is 9.47 Å². The first-order chi connectivity index (χ1) is 17.1. The van der Waals surface area contributed by atoms with Gasteiger partial charge in [0.15, 0.2) is 0 Å². The maximum absolute atomic E-state index is 12.6. The second kappa shape index (κ2) is 10.0. The number of nitrogens with zero attached hydrogens (tertiary/aromatic N) is 1. The first-order valence-corrected chi connectivity index (χ1v) is 12.1. The summed E-state index contributed by atoms with van der Waals surface area (Å²) in [5.74, 6) is 2.05. The van der Waals surface area contributed by atoms with Crippen molar-refractivity contribution in [2.45, 2.75) is 19.4 Å². The van der Waals surface area contributed by atoms with Crippen LogP contribution in [-0.4, -0.2) is 48.0 Å². The molecule has 3 aromatic carbocycles. The second-order valence-electron chi connectivity index (χ2n) is 9.17. The van der Waals surface area contributed by atoms with Crippen LogP contribution in [0.25, 0.3) is 11.1 Å². The molecule has 5 rings (SSSR count). The average Bonchev–Trinajstić information content (AvgIpc) is 2.84. The number of likely N-dealkylation sites (tertiary alicyclic amines) is 1. The molecule has 35 heavy (non-hydrogen) atoms. The van der Waals surface area contributed by atoms with Gasteiger partial charge < -0.3 is 19.7 Å². The van der Waals surface area contributed by atoms with Crippen molar-refractivity contribution < 1.29 is 24.1 Å². The molecule has 1 atom stereocenters. The van der Waals surface area contributed by atoms with Gasteiger partial charge in [-0.2, -0.15) is 0 Å².